The molecular weight excluding hydrogens is 230 g/mol. The fourth-order valence-corrected chi connectivity index (χ4v) is 3.36. The number of hydrogen-bond acceptors (Lipinski definition) is 1. The minimum absolute atomic E-state index is 0.770. The van der Waals surface area contributed by atoms with Crippen LogP contribution in [0.15, 0.2) is 30.3 Å². The summed E-state index contributed by atoms with van der Waals surface area (Å²) in [6.45, 7) is 3.45. The van der Waals surface area contributed by atoms with Crippen LogP contribution in [-0.4, -0.2) is 12.6 Å². The maximum Gasteiger partial charge on any atom is 0.00954 e. The molecule has 0 radical (unpaired) electrons. The molecule has 106 valence electrons. The maximum absolute atomic E-state index is 3.80. The highest BCUT2D eigenvalue weighted by atomic mass is 14.9. The first kappa shape index (κ1) is 14.6. The second kappa shape index (κ2) is 8.37. The van der Waals surface area contributed by atoms with Crippen LogP contribution in [0.5, 0.6) is 0 Å². The molecule has 1 aromatic carbocycles. The molecule has 1 aromatic rings. The van der Waals surface area contributed by atoms with Crippen LogP contribution in [0, 0.1) is 5.92 Å². The molecule has 1 saturated carbocycles. The van der Waals surface area contributed by atoms with E-state index in [1.54, 1.807) is 0 Å². The van der Waals surface area contributed by atoms with E-state index in [9.17, 15) is 0 Å². The molecule has 1 atom stereocenters. The highest BCUT2D eigenvalue weighted by Gasteiger charge is 2.23. The SMILES string of the molecule is CCCNC(CCCc1ccccc1)C1CCCC1. The van der Waals surface area contributed by atoms with Crippen molar-refractivity contribution in [3.05, 3.63) is 35.9 Å². The van der Waals surface area contributed by atoms with Gasteiger partial charge in [-0.1, -0.05) is 50.1 Å². The van der Waals surface area contributed by atoms with Crippen molar-refractivity contribution in [3.8, 4) is 0 Å². The zero-order valence-corrected chi connectivity index (χ0v) is 12.4. The normalized spacial score (nSPS) is 17.7. The Bertz CT molecular complexity index is 327. The Morgan fingerprint density at radius 2 is 1.89 bits per heavy atom. The van der Waals surface area contributed by atoms with E-state index in [-0.39, 0.29) is 0 Å². The van der Waals surface area contributed by atoms with Crippen LogP contribution in [0.3, 0.4) is 0 Å². The Balaban J connectivity index is 1.75. The summed E-state index contributed by atoms with van der Waals surface area (Å²) in [5.74, 6) is 0.947. The van der Waals surface area contributed by atoms with Crippen LogP contribution in [0.1, 0.15) is 57.4 Å². The summed E-state index contributed by atoms with van der Waals surface area (Å²) in [6, 6.07) is 11.7. The molecule has 1 unspecified atom stereocenters. The molecular formula is C18H29N. The summed E-state index contributed by atoms with van der Waals surface area (Å²) in [5, 5.41) is 3.80. The molecule has 1 nitrogen and oxygen atoms in total. The van der Waals surface area contributed by atoms with Gasteiger partial charge >= 0.3 is 0 Å². The standard InChI is InChI=1S/C18H29N/c1-2-15-19-18(17-12-6-7-13-17)14-8-11-16-9-4-3-5-10-16/h3-5,9-10,17-19H,2,6-8,11-15H2,1H3. The largest absolute Gasteiger partial charge is 0.314 e. The summed E-state index contributed by atoms with van der Waals surface area (Å²) >= 11 is 0. The third-order valence-corrected chi connectivity index (χ3v) is 4.45. The third-order valence-electron chi connectivity index (χ3n) is 4.45. The summed E-state index contributed by atoms with van der Waals surface area (Å²) < 4.78 is 0. The van der Waals surface area contributed by atoms with Gasteiger partial charge in [-0.05, 0) is 56.6 Å². The van der Waals surface area contributed by atoms with Gasteiger partial charge in [0.25, 0.3) is 0 Å². The fraction of sp³-hybridized carbons (Fsp3) is 0.667. The topological polar surface area (TPSA) is 12.0 Å². The van der Waals surface area contributed by atoms with Crippen molar-refractivity contribution in [1.29, 1.82) is 0 Å². The average molecular weight is 259 g/mol. The van der Waals surface area contributed by atoms with Gasteiger partial charge in [-0.3, -0.25) is 0 Å². The van der Waals surface area contributed by atoms with Gasteiger partial charge in [0, 0.05) is 6.04 Å². The highest BCUT2D eigenvalue weighted by Crippen LogP contribution is 2.29. The van der Waals surface area contributed by atoms with E-state index in [4.69, 9.17) is 0 Å². The molecule has 1 fully saturated rings. The van der Waals surface area contributed by atoms with Crippen molar-refractivity contribution in [2.45, 2.75) is 64.3 Å². The molecule has 1 heteroatoms. The zero-order chi connectivity index (χ0) is 13.3. The van der Waals surface area contributed by atoms with Crippen molar-refractivity contribution < 1.29 is 0 Å². The minimum Gasteiger partial charge on any atom is -0.314 e. The molecule has 19 heavy (non-hydrogen) atoms. The predicted octanol–water partition coefficient (Wildman–Crippen LogP) is 4.57. The summed E-state index contributed by atoms with van der Waals surface area (Å²) in [4.78, 5) is 0. The first-order valence-corrected chi connectivity index (χ1v) is 8.17. The van der Waals surface area contributed by atoms with Crippen molar-refractivity contribution >= 4 is 0 Å². The molecule has 2 rings (SSSR count). The second-order valence-electron chi connectivity index (χ2n) is 5.98. The Hall–Kier alpha value is -0.820. The monoisotopic (exact) mass is 259 g/mol. The number of aryl methyl sites for hydroxylation is 1. The van der Waals surface area contributed by atoms with Crippen molar-refractivity contribution in [3.63, 3.8) is 0 Å². The van der Waals surface area contributed by atoms with Crippen LogP contribution in [-0.2, 0) is 6.42 Å². The quantitative estimate of drug-likeness (QED) is 0.721. The van der Waals surface area contributed by atoms with Gasteiger partial charge in [-0.2, -0.15) is 0 Å². The summed E-state index contributed by atoms with van der Waals surface area (Å²) in [5.41, 5.74) is 1.49. The number of rotatable bonds is 8. The second-order valence-corrected chi connectivity index (χ2v) is 5.98. The lowest BCUT2D eigenvalue weighted by molar-refractivity contribution is 0.334. The Kier molecular flexibility index (Phi) is 6.43. The van der Waals surface area contributed by atoms with E-state index in [0.717, 1.165) is 12.0 Å². The van der Waals surface area contributed by atoms with Gasteiger partial charge in [0.05, 0.1) is 0 Å². The first-order valence-electron chi connectivity index (χ1n) is 8.17. The van der Waals surface area contributed by atoms with Crippen LogP contribution in [0.25, 0.3) is 0 Å². The van der Waals surface area contributed by atoms with E-state index in [1.165, 1.54) is 63.5 Å². The third kappa shape index (κ3) is 4.99. The van der Waals surface area contributed by atoms with Gasteiger partial charge in [-0.25, -0.2) is 0 Å². The molecule has 0 saturated heterocycles. The van der Waals surface area contributed by atoms with E-state index >= 15 is 0 Å². The Morgan fingerprint density at radius 3 is 2.58 bits per heavy atom. The maximum atomic E-state index is 3.80. The number of nitrogens with one attached hydrogen (secondary N) is 1. The lowest BCUT2D eigenvalue weighted by Crippen LogP contribution is -2.35. The molecule has 0 amide bonds. The molecule has 0 aromatic heterocycles. The number of hydrogen-bond donors (Lipinski definition) is 1. The lowest BCUT2D eigenvalue weighted by Gasteiger charge is -2.24. The van der Waals surface area contributed by atoms with Gasteiger partial charge < -0.3 is 5.32 Å². The molecule has 1 N–H and O–H groups in total. The van der Waals surface area contributed by atoms with E-state index < -0.39 is 0 Å². The van der Waals surface area contributed by atoms with Crippen LogP contribution in [0.2, 0.25) is 0 Å². The average Bonchev–Trinajstić information content (AvgIpc) is 2.98. The first-order chi connectivity index (χ1) is 9.40. The van der Waals surface area contributed by atoms with Gasteiger partial charge in [0.15, 0.2) is 0 Å². The fourth-order valence-electron chi connectivity index (χ4n) is 3.36. The molecule has 0 spiro atoms. The minimum atomic E-state index is 0.770. The van der Waals surface area contributed by atoms with E-state index in [2.05, 4.69) is 42.6 Å². The van der Waals surface area contributed by atoms with Crippen molar-refractivity contribution in [2.75, 3.05) is 6.54 Å². The van der Waals surface area contributed by atoms with Gasteiger partial charge in [-0.15, -0.1) is 0 Å². The zero-order valence-electron chi connectivity index (χ0n) is 12.4. The Labute approximate surface area is 118 Å². The van der Waals surface area contributed by atoms with E-state index in [1.807, 2.05) is 0 Å². The van der Waals surface area contributed by atoms with Crippen molar-refractivity contribution in [1.82, 2.24) is 5.32 Å². The molecule has 0 aliphatic heterocycles. The lowest BCUT2D eigenvalue weighted by atomic mass is 9.92. The van der Waals surface area contributed by atoms with Crippen molar-refractivity contribution in [2.24, 2.45) is 5.92 Å². The van der Waals surface area contributed by atoms with Crippen LogP contribution in [0.4, 0.5) is 0 Å². The van der Waals surface area contributed by atoms with Gasteiger partial charge in [0.2, 0.25) is 0 Å². The summed E-state index contributed by atoms with van der Waals surface area (Å²) in [7, 11) is 0. The Morgan fingerprint density at radius 1 is 1.16 bits per heavy atom. The van der Waals surface area contributed by atoms with Gasteiger partial charge in [0.1, 0.15) is 0 Å². The summed E-state index contributed by atoms with van der Waals surface area (Å²) in [6.07, 6.45) is 11.0. The van der Waals surface area contributed by atoms with E-state index in [0.29, 0.717) is 0 Å². The molecule has 0 heterocycles. The number of benzene rings is 1. The van der Waals surface area contributed by atoms with Crippen LogP contribution < -0.4 is 5.32 Å². The molecule has 0 bridgehead atoms. The smallest absolute Gasteiger partial charge is 0.00954 e. The molecule has 1 aliphatic carbocycles. The van der Waals surface area contributed by atoms with Crippen LogP contribution >= 0.6 is 0 Å². The predicted molar refractivity (Wildman–Crippen MR) is 83.4 cm³/mol. The molecule has 1 aliphatic rings. The highest BCUT2D eigenvalue weighted by molar-refractivity contribution is 5.14.